The molecule has 4 heteroatoms. The highest BCUT2D eigenvalue weighted by atomic mass is 35.5. The molecule has 1 aromatic carbocycles. The maximum absolute atomic E-state index is 6.21. The lowest BCUT2D eigenvalue weighted by molar-refractivity contribution is 1.11. The van der Waals surface area contributed by atoms with E-state index in [9.17, 15) is 0 Å². The number of anilines is 2. The van der Waals surface area contributed by atoms with Gasteiger partial charge in [-0.3, -0.25) is 0 Å². The summed E-state index contributed by atoms with van der Waals surface area (Å²) in [7, 11) is 4.00. The van der Waals surface area contributed by atoms with Gasteiger partial charge in [0, 0.05) is 25.5 Å². The van der Waals surface area contributed by atoms with Crippen molar-refractivity contribution in [3.63, 3.8) is 0 Å². The maximum Gasteiger partial charge on any atom is 0.0786 e. The number of hydrogen-bond acceptors (Lipinski definition) is 3. The van der Waals surface area contributed by atoms with Crippen LogP contribution in [0.3, 0.4) is 0 Å². The minimum absolute atomic E-state index is 0.770. The van der Waals surface area contributed by atoms with Crippen molar-refractivity contribution in [1.29, 1.82) is 0 Å². The molecule has 2 aromatic rings. The summed E-state index contributed by atoms with van der Waals surface area (Å²) in [6, 6.07) is 10.1. The molecule has 1 heterocycles. The summed E-state index contributed by atoms with van der Waals surface area (Å²) in [5.41, 5.74) is 2.10. The smallest absolute Gasteiger partial charge is 0.0786 e. The third kappa shape index (κ3) is 2.93. The Morgan fingerprint density at radius 3 is 2.71 bits per heavy atom. The number of nitrogens with zero attached hydrogens (tertiary/aromatic N) is 1. The molecule has 0 amide bonds. The Balaban J connectivity index is 2.18. The number of rotatable bonds is 4. The van der Waals surface area contributed by atoms with Crippen LogP contribution >= 0.6 is 22.9 Å². The minimum Gasteiger partial charge on any atom is -0.378 e. The summed E-state index contributed by atoms with van der Waals surface area (Å²) in [5, 5.41) is 6.28. The fourth-order valence-electron chi connectivity index (χ4n) is 1.71. The number of halogens is 1. The van der Waals surface area contributed by atoms with Crippen molar-refractivity contribution < 1.29 is 0 Å². The fourth-order valence-corrected chi connectivity index (χ4v) is 2.70. The SMILES string of the molecule is CN(C)c1c(Cl)cccc1NCc1cccs1. The van der Waals surface area contributed by atoms with Gasteiger partial charge in [-0.15, -0.1) is 11.3 Å². The lowest BCUT2D eigenvalue weighted by Crippen LogP contribution is -2.12. The van der Waals surface area contributed by atoms with Gasteiger partial charge in [-0.25, -0.2) is 0 Å². The molecule has 17 heavy (non-hydrogen) atoms. The molecule has 0 saturated heterocycles. The van der Waals surface area contributed by atoms with Crippen LogP contribution in [0, 0.1) is 0 Å². The van der Waals surface area contributed by atoms with Crippen molar-refractivity contribution in [2.24, 2.45) is 0 Å². The Morgan fingerprint density at radius 2 is 2.06 bits per heavy atom. The Morgan fingerprint density at radius 1 is 1.24 bits per heavy atom. The van der Waals surface area contributed by atoms with Crippen LogP contribution in [0.15, 0.2) is 35.7 Å². The van der Waals surface area contributed by atoms with Gasteiger partial charge in [0.25, 0.3) is 0 Å². The summed E-state index contributed by atoms with van der Waals surface area (Å²) < 4.78 is 0. The molecule has 0 atom stereocenters. The largest absolute Gasteiger partial charge is 0.378 e. The van der Waals surface area contributed by atoms with Gasteiger partial charge in [0.1, 0.15) is 0 Å². The van der Waals surface area contributed by atoms with Gasteiger partial charge in [0.05, 0.1) is 16.4 Å². The van der Waals surface area contributed by atoms with E-state index < -0.39 is 0 Å². The lowest BCUT2D eigenvalue weighted by Gasteiger charge is -2.19. The fraction of sp³-hybridized carbons (Fsp3) is 0.231. The molecule has 1 aromatic heterocycles. The standard InChI is InChI=1S/C13H15ClN2S/c1-16(2)13-11(14)6-3-7-12(13)15-9-10-5-4-8-17-10/h3-8,15H,9H2,1-2H3. The van der Waals surface area contributed by atoms with Gasteiger partial charge < -0.3 is 10.2 Å². The zero-order chi connectivity index (χ0) is 12.3. The van der Waals surface area contributed by atoms with Crippen LogP contribution < -0.4 is 10.2 Å². The molecule has 0 radical (unpaired) electrons. The van der Waals surface area contributed by atoms with Gasteiger partial charge in [0.2, 0.25) is 0 Å². The number of para-hydroxylation sites is 1. The first kappa shape index (κ1) is 12.3. The van der Waals surface area contributed by atoms with E-state index in [0.29, 0.717) is 0 Å². The van der Waals surface area contributed by atoms with Gasteiger partial charge in [-0.2, -0.15) is 0 Å². The second-order valence-corrected chi connectivity index (χ2v) is 5.40. The molecule has 0 aliphatic carbocycles. The zero-order valence-electron chi connectivity index (χ0n) is 9.90. The zero-order valence-corrected chi connectivity index (χ0v) is 11.5. The van der Waals surface area contributed by atoms with Crippen LogP contribution in [0.5, 0.6) is 0 Å². The summed E-state index contributed by atoms with van der Waals surface area (Å²) >= 11 is 7.96. The van der Waals surface area contributed by atoms with Gasteiger partial charge >= 0.3 is 0 Å². The van der Waals surface area contributed by atoms with Crippen molar-refractivity contribution in [2.45, 2.75) is 6.54 Å². The predicted molar refractivity (Wildman–Crippen MR) is 77.4 cm³/mol. The maximum atomic E-state index is 6.21. The Hall–Kier alpha value is -1.19. The molecule has 90 valence electrons. The molecule has 2 rings (SSSR count). The molecular weight excluding hydrogens is 252 g/mol. The average molecular weight is 267 g/mol. The average Bonchev–Trinajstić information content (AvgIpc) is 2.78. The summed E-state index contributed by atoms with van der Waals surface area (Å²) in [6.07, 6.45) is 0. The third-order valence-corrected chi connectivity index (χ3v) is 3.65. The lowest BCUT2D eigenvalue weighted by atomic mass is 10.2. The van der Waals surface area contributed by atoms with Crippen LogP contribution in [-0.2, 0) is 6.54 Å². The molecule has 0 saturated carbocycles. The first-order valence-electron chi connectivity index (χ1n) is 5.40. The number of nitrogens with one attached hydrogen (secondary N) is 1. The van der Waals surface area contributed by atoms with Crippen molar-refractivity contribution in [3.05, 3.63) is 45.6 Å². The summed E-state index contributed by atoms with van der Waals surface area (Å²) in [6.45, 7) is 0.832. The molecule has 1 N–H and O–H groups in total. The first-order chi connectivity index (χ1) is 8.18. The van der Waals surface area contributed by atoms with E-state index in [4.69, 9.17) is 11.6 Å². The third-order valence-electron chi connectivity index (χ3n) is 2.47. The van der Waals surface area contributed by atoms with Crippen LogP contribution in [0.1, 0.15) is 4.88 Å². The van der Waals surface area contributed by atoms with E-state index in [1.807, 2.05) is 31.1 Å². The Labute approximate surface area is 111 Å². The minimum atomic E-state index is 0.770. The molecule has 0 bridgehead atoms. The van der Waals surface area contributed by atoms with Crippen LogP contribution in [-0.4, -0.2) is 14.1 Å². The number of benzene rings is 1. The van der Waals surface area contributed by atoms with E-state index in [-0.39, 0.29) is 0 Å². The quantitative estimate of drug-likeness (QED) is 0.897. The van der Waals surface area contributed by atoms with Crippen molar-refractivity contribution in [3.8, 4) is 0 Å². The number of hydrogen-bond donors (Lipinski definition) is 1. The van der Waals surface area contributed by atoms with E-state index >= 15 is 0 Å². The Kier molecular flexibility index (Phi) is 3.92. The second kappa shape index (κ2) is 5.43. The highest BCUT2D eigenvalue weighted by Crippen LogP contribution is 2.32. The highest BCUT2D eigenvalue weighted by Gasteiger charge is 2.08. The molecule has 0 aliphatic rings. The summed E-state index contributed by atoms with van der Waals surface area (Å²) in [4.78, 5) is 3.34. The number of thiophene rings is 1. The monoisotopic (exact) mass is 266 g/mol. The van der Waals surface area contributed by atoms with Crippen LogP contribution in [0.2, 0.25) is 5.02 Å². The predicted octanol–water partition coefficient (Wildman–Crippen LogP) is 4.08. The second-order valence-electron chi connectivity index (χ2n) is 3.96. The van der Waals surface area contributed by atoms with Crippen LogP contribution in [0.25, 0.3) is 0 Å². The molecule has 2 nitrogen and oxygen atoms in total. The van der Waals surface area contributed by atoms with Crippen molar-refractivity contribution in [1.82, 2.24) is 0 Å². The molecule has 0 aliphatic heterocycles. The van der Waals surface area contributed by atoms with Gasteiger partial charge in [0.15, 0.2) is 0 Å². The molecular formula is C13H15ClN2S. The summed E-state index contributed by atoms with van der Waals surface area (Å²) in [5.74, 6) is 0. The van der Waals surface area contributed by atoms with Crippen molar-refractivity contribution in [2.75, 3.05) is 24.3 Å². The molecule has 0 fully saturated rings. The topological polar surface area (TPSA) is 15.3 Å². The van der Waals surface area contributed by atoms with Crippen molar-refractivity contribution >= 4 is 34.3 Å². The normalized spacial score (nSPS) is 10.3. The van der Waals surface area contributed by atoms with E-state index in [2.05, 4.69) is 28.9 Å². The van der Waals surface area contributed by atoms with Gasteiger partial charge in [-0.1, -0.05) is 23.7 Å². The first-order valence-corrected chi connectivity index (χ1v) is 6.66. The highest BCUT2D eigenvalue weighted by molar-refractivity contribution is 7.09. The van der Waals surface area contributed by atoms with E-state index in [1.165, 1.54) is 4.88 Å². The van der Waals surface area contributed by atoms with Crippen LogP contribution in [0.4, 0.5) is 11.4 Å². The molecule has 0 spiro atoms. The van der Waals surface area contributed by atoms with Gasteiger partial charge in [-0.05, 0) is 23.6 Å². The van der Waals surface area contributed by atoms with E-state index in [0.717, 1.165) is 22.9 Å². The Bertz CT molecular complexity index is 480. The molecule has 0 unspecified atom stereocenters. The van der Waals surface area contributed by atoms with E-state index in [1.54, 1.807) is 11.3 Å².